The van der Waals surface area contributed by atoms with Crippen LogP contribution < -0.4 is 0 Å². The lowest BCUT2D eigenvalue weighted by atomic mass is 9.93. The quantitative estimate of drug-likeness (QED) is 0.682. The average Bonchev–Trinajstić information content (AvgIpc) is 3.19. The van der Waals surface area contributed by atoms with E-state index in [2.05, 4.69) is 21.1 Å². The Labute approximate surface area is 145 Å². The number of sulfone groups is 1. The average molecular weight is 426 g/mol. The Hall–Kier alpha value is -1.09. The second kappa shape index (κ2) is 5.72. The summed E-state index contributed by atoms with van der Waals surface area (Å²) in [6, 6.07) is 1.68. The van der Waals surface area contributed by atoms with Gasteiger partial charge in [-0.25, -0.2) is 8.42 Å². The number of aromatic nitrogens is 1. The first-order chi connectivity index (χ1) is 11.0. The molecule has 1 aromatic heterocycles. The van der Waals surface area contributed by atoms with Gasteiger partial charge in [0, 0.05) is 36.7 Å². The molecule has 24 heavy (non-hydrogen) atoms. The number of allylic oxidation sites excluding steroid dienone is 3. The molecule has 2 aliphatic carbocycles. The molecule has 0 aromatic carbocycles. The van der Waals surface area contributed by atoms with Crippen LogP contribution in [0.3, 0.4) is 0 Å². The third-order valence-corrected chi connectivity index (χ3v) is 8.05. The third-order valence-electron chi connectivity index (χ3n) is 4.23. The smallest absolute Gasteiger partial charge is 0.361 e. The molecule has 1 unspecified atom stereocenters. The van der Waals surface area contributed by atoms with Gasteiger partial charge in [-0.05, 0) is 18.4 Å². The highest BCUT2D eigenvalue weighted by Crippen LogP contribution is 2.45. The molecule has 0 bridgehead atoms. The summed E-state index contributed by atoms with van der Waals surface area (Å²) in [4.78, 5) is 0. The van der Waals surface area contributed by atoms with E-state index in [-0.39, 0.29) is 12.0 Å². The van der Waals surface area contributed by atoms with Gasteiger partial charge < -0.3 is 4.52 Å². The second-order valence-corrected chi connectivity index (χ2v) is 10.5. The first-order valence-corrected chi connectivity index (χ1v) is 10.0. The van der Waals surface area contributed by atoms with Crippen LogP contribution in [0.1, 0.15) is 36.6 Å². The lowest BCUT2D eigenvalue weighted by molar-refractivity contribution is -0.0949. The fourth-order valence-electron chi connectivity index (χ4n) is 2.61. The van der Waals surface area contributed by atoms with Crippen LogP contribution in [0.5, 0.6) is 0 Å². The highest BCUT2D eigenvalue weighted by atomic mass is 79.9. The molecule has 0 amide bonds. The van der Waals surface area contributed by atoms with Crippen molar-refractivity contribution in [3.63, 3.8) is 0 Å². The normalized spacial score (nSPS) is 25.4. The summed E-state index contributed by atoms with van der Waals surface area (Å²) in [7, 11) is -3.75. The fourth-order valence-corrected chi connectivity index (χ4v) is 3.74. The van der Waals surface area contributed by atoms with E-state index in [0.29, 0.717) is 17.4 Å². The van der Waals surface area contributed by atoms with E-state index in [0.717, 1.165) is 19.1 Å². The monoisotopic (exact) mass is 425 g/mol. The summed E-state index contributed by atoms with van der Waals surface area (Å²) in [6.07, 6.45) is 0.0553. The molecular weight excluding hydrogens is 411 g/mol. The first-order valence-electron chi connectivity index (χ1n) is 7.32. The van der Waals surface area contributed by atoms with Gasteiger partial charge >= 0.3 is 6.18 Å². The minimum atomic E-state index is -4.62. The zero-order valence-corrected chi connectivity index (χ0v) is 15.1. The number of alkyl halides is 4. The van der Waals surface area contributed by atoms with Crippen LogP contribution in [-0.2, 0) is 16.3 Å². The molecule has 3 rings (SSSR count). The summed E-state index contributed by atoms with van der Waals surface area (Å²) in [5.41, 5.74) is -0.431. The van der Waals surface area contributed by atoms with Crippen LogP contribution in [0.25, 0.3) is 0 Å². The Morgan fingerprint density at radius 3 is 2.62 bits per heavy atom. The van der Waals surface area contributed by atoms with Crippen molar-refractivity contribution in [2.75, 3.05) is 6.26 Å². The van der Waals surface area contributed by atoms with E-state index >= 15 is 0 Å². The van der Waals surface area contributed by atoms with Gasteiger partial charge in [0.25, 0.3) is 0 Å². The third kappa shape index (κ3) is 3.46. The molecule has 0 aliphatic heterocycles. The molecule has 0 saturated heterocycles. The lowest BCUT2D eigenvalue weighted by Crippen LogP contribution is -2.35. The zero-order valence-electron chi connectivity index (χ0n) is 12.7. The number of hydrogen-bond donors (Lipinski definition) is 0. The highest BCUT2D eigenvalue weighted by Gasteiger charge is 2.47. The lowest BCUT2D eigenvalue weighted by Gasteiger charge is -2.29. The summed E-state index contributed by atoms with van der Waals surface area (Å²) >= 11 is 2.95. The second-order valence-electron chi connectivity index (χ2n) is 6.24. The van der Waals surface area contributed by atoms with Crippen LogP contribution in [0.15, 0.2) is 33.9 Å². The van der Waals surface area contributed by atoms with Crippen molar-refractivity contribution in [2.24, 2.45) is 0 Å². The molecule has 2 aliphatic rings. The van der Waals surface area contributed by atoms with E-state index in [4.69, 9.17) is 4.52 Å². The molecule has 1 saturated carbocycles. The van der Waals surface area contributed by atoms with E-state index in [1.165, 1.54) is 12.2 Å². The summed E-state index contributed by atoms with van der Waals surface area (Å²) in [6.45, 7) is 0. The topological polar surface area (TPSA) is 60.2 Å². The Balaban J connectivity index is 1.92. The number of nitrogens with zero attached hydrogens (tertiary/aromatic N) is 1. The fraction of sp³-hybridized carbons (Fsp3) is 0.533. The molecule has 132 valence electrons. The molecule has 1 heterocycles. The summed E-state index contributed by atoms with van der Waals surface area (Å²) in [5.74, 6) is 1.02. The number of hydrogen-bond acceptors (Lipinski definition) is 4. The zero-order chi connectivity index (χ0) is 17.8. The number of rotatable bonds is 4. The highest BCUT2D eigenvalue weighted by molar-refractivity contribution is 9.11. The van der Waals surface area contributed by atoms with Gasteiger partial charge in [0.2, 0.25) is 0 Å². The number of halogens is 4. The Morgan fingerprint density at radius 1 is 1.42 bits per heavy atom. The van der Waals surface area contributed by atoms with Crippen molar-refractivity contribution in [2.45, 2.75) is 41.4 Å². The molecule has 9 heteroatoms. The van der Waals surface area contributed by atoms with Crippen LogP contribution in [-0.4, -0.2) is 29.7 Å². The molecule has 0 N–H and O–H groups in total. The minimum Gasteiger partial charge on any atom is -0.361 e. The van der Waals surface area contributed by atoms with Crippen molar-refractivity contribution < 1.29 is 26.1 Å². The van der Waals surface area contributed by atoms with E-state index in [9.17, 15) is 21.6 Å². The van der Waals surface area contributed by atoms with Crippen LogP contribution in [0.2, 0.25) is 0 Å². The predicted octanol–water partition coefficient (Wildman–Crippen LogP) is 4.05. The molecule has 1 fully saturated rings. The van der Waals surface area contributed by atoms with Gasteiger partial charge in [-0.15, -0.1) is 0 Å². The standard InChI is InChI=1S/C15H15BrF3NO3S/c1-24(21,22)14(16)5-4-10(12(8-14)15(17,18)19)6-11-7-13(23-20-11)9-2-3-9/h4-5,7,9H,2-3,6,8H2,1H3. The van der Waals surface area contributed by atoms with Gasteiger partial charge in [0.15, 0.2) is 9.84 Å². The van der Waals surface area contributed by atoms with Crippen molar-refractivity contribution in [3.05, 3.63) is 40.8 Å². The van der Waals surface area contributed by atoms with Gasteiger partial charge in [0.1, 0.15) is 9.42 Å². The minimum absolute atomic E-state index is 0.0110. The molecule has 0 spiro atoms. The Kier molecular flexibility index (Phi) is 4.23. The molecule has 0 radical (unpaired) electrons. The van der Waals surface area contributed by atoms with Gasteiger partial charge in [0.05, 0.1) is 5.69 Å². The van der Waals surface area contributed by atoms with Crippen molar-refractivity contribution in [1.82, 2.24) is 5.16 Å². The van der Waals surface area contributed by atoms with E-state index in [1.54, 1.807) is 6.07 Å². The van der Waals surface area contributed by atoms with Crippen LogP contribution in [0, 0.1) is 0 Å². The Bertz CT molecular complexity index is 821. The maximum Gasteiger partial charge on any atom is 0.413 e. The van der Waals surface area contributed by atoms with Crippen molar-refractivity contribution in [3.8, 4) is 0 Å². The van der Waals surface area contributed by atoms with Crippen molar-refractivity contribution in [1.29, 1.82) is 0 Å². The van der Waals surface area contributed by atoms with Gasteiger partial charge in [-0.1, -0.05) is 33.2 Å². The predicted molar refractivity (Wildman–Crippen MR) is 85.5 cm³/mol. The van der Waals surface area contributed by atoms with Gasteiger partial charge in [-0.3, -0.25) is 0 Å². The molecule has 1 atom stereocenters. The first kappa shape index (κ1) is 17.7. The molecular formula is C15H15BrF3NO3S. The maximum absolute atomic E-state index is 13.4. The summed E-state index contributed by atoms with van der Waals surface area (Å²) < 4.78 is 67.3. The van der Waals surface area contributed by atoms with Gasteiger partial charge in [-0.2, -0.15) is 13.2 Å². The van der Waals surface area contributed by atoms with E-state index in [1.807, 2.05) is 0 Å². The molecule has 4 nitrogen and oxygen atoms in total. The van der Waals surface area contributed by atoms with Crippen molar-refractivity contribution >= 4 is 25.8 Å². The van der Waals surface area contributed by atoms with E-state index < -0.39 is 31.7 Å². The summed E-state index contributed by atoms with van der Waals surface area (Å²) in [5, 5.41) is 3.83. The molecule has 1 aromatic rings. The van der Waals surface area contributed by atoms with Crippen LogP contribution >= 0.6 is 15.9 Å². The Morgan fingerprint density at radius 2 is 2.08 bits per heavy atom. The van der Waals surface area contributed by atoms with Crippen LogP contribution in [0.4, 0.5) is 13.2 Å². The largest absolute Gasteiger partial charge is 0.413 e. The SMILES string of the molecule is CS(=O)(=O)C1(Br)C=CC(Cc2cc(C3CC3)on2)=C(C(F)(F)F)C1. The maximum atomic E-state index is 13.4.